The number of rotatable bonds is 8. The van der Waals surface area contributed by atoms with Crippen LogP contribution in [0.3, 0.4) is 0 Å². The summed E-state index contributed by atoms with van der Waals surface area (Å²) >= 11 is 0. The van der Waals surface area contributed by atoms with Crippen LogP contribution in [-0.4, -0.2) is 46.3 Å². The Kier molecular flexibility index (Phi) is 7.08. The van der Waals surface area contributed by atoms with E-state index in [1.165, 1.54) is 0 Å². The van der Waals surface area contributed by atoms with Crippen molar-refractivity contribution in [2.75, 3.05) is 32.6 Å². The fourth-order valence-electron chi connectivity index (χ4n) is 0.689. The van der Waals surface area contributed by atoms with E-state index in [0.29, 0.717) is 19.8 Å². The van der Waals surface area contributed by atoms with Crippen LogP contribution < -0.4 is 5.48 Å². The second-order valence-electron chi connectivity index (χ2n) is 3.15. The normalized spacial score (nSPS) is 12.3. The summed E-state index contributed by atoms with van der Waals surface area (Å²) in [4.78, 5) is 4.91. The highest BCUT2D eigenvalue weighted by Gasteiger charge is 2.14. The van der Waals surface area contributed by atoms with Gasteiger partial charge in [-0.3, -0.25) is 4.84 Å². The summed E-state index contributed by atoms with van der Waals surface area (Å²) in [6.07, 6.45) is 0. The molecule has 0 aliphatic carbocycles. The van der Waals surface area contributed by atoms with Crippen molar-refractivity contribution in [3.63, 3.8) is 0 Å². The Morgan fingerprint density at radius 2 is 1.93 bits per heavy atom. The molecule has 0 amide bonds. The number of ether oxygens (including phenoxy) is 1. The van der Waals surface area contributed by atoms with Gasteiger partial charge in [-0.25, -0.2) is 13.9 Å². The number of sulfone groups is 1. The summed E-state index contributed by atoms with van der Waals surface area (Å²) in [7, 11) is -1.39. The lowest BCUT2D eigenvalue weighted by Gasteiger charge is -2.08. The highest BCUT2D eigenvalue weighted by molar-refractivity contribution is 7.92. The number of hydrogen-bond acceptors (Lipinski definition) is 5. The van der Waals surface area contributed by atoms with E-state index in [-0.39, 0.29) is 11.0 Å². The minimum absolute atomic E-state index is 0.0949. The van der Waals surface area contributed by atoms with Crippen LogP contribution in [0.25, 0.3) is 0 Å². The molecule has 0 aliphatic rings. The largest absolute Gasteiger partial charge is 0.382 e. The fraction of sp³-hybridized carbons (Fsp3) is 1.00. The number of hydrogen-bond donors (Lipinski definition) is 1. The highest BCUT2D eigenvalue weighted by Crippen LogP contribution is 1.98. The van der Waals surface area contributed by atoms with Crippen molar-refractivity contribution in [2.24, 2.45) is 0 Å². The van der Waals surface area contributed by atoms with Crippen LogP contribution >= 0.6 is 0 Å². The van der Waals surface area contributed by atoms with Crippen molar-refractivity contribution in [2.45, 2.75) is 19.1 Å². The van der Waals surface area contributed by atoms with E-state index in [0.717, 1.165) is 0 Å². The molecule has 0 bridgehead atoms. The SMILES string of the molecule is COCCONCCS(=O)(=O)C(C)C. The smallest absolute Gasteiger partial charge is 0.153 e. The molecule has 0 atom stereocenters. The van der Waals surface area contributed by atoms with Crippen LogP contribution in [-0.2, 0) is 19.4 Å². The Morgan fingerprint density at radius 3 is 2.43 bits per heavy atom. The third kappa shape index (κ3) is 6.31. The van der Waals surface area contributed by atoms with E-state index < -0.39 is 9.84 Å². The Morgan fingerprint density at radius 1 is 1.29 bits per heavy atom. The molecular weight excluding hydrogens is 206 g/mol. The predicted octanol–water partition coefficient (Wildman–Crippen LogP) is -0.0228. The number of nitrogens with one attached hydrogen (secondary N) is 1. The maximum atomic E-state index is 11.3. The van der Waals surface area contributed by atoms with Gasteiger partial charge in [0.05, 0.1) is 24.2 Å². The standard InChI is InChI=1S/C8H19NO4S/c1-8(2)14(10,11)7-4-9-13-6-5-12-3/h8-9H,4-7H2,1-3H3. The first-order valence-electron chi connectivity index (χ1n) is 4.56. The van der Waals surface area contributed by atoms with E-state index in [1.54, 1.807) is 21.0 Å². The van der Waals surface area contributed by atoms with E-state index >= 15 is 0 Å². The molecule has 0 heterocycles. The van der Waals surface area contributed by atoms with Gasteiger partial charge in [-0.05, 0) is 13.8 Å². The summed E-state index contributed by atoms with van der Waals surface area (Å²) in [6.45, 7) is 4.55. The predicted molar refractivity (Wildman–Crippen MR) is 54.8 cm³/mol. The first kappa shape index (κ1) is 13.8. The molecule has 0 aromatic heterocycles. The zero-order chi connectivity index (χ0) is 11.0. The quantitative estimate of drug-likeness (QED) is 0.464. The zero-order valence-corrected chi connectivity index (χ0v) is 9.76. The van der Waals surface area contributed by atoms with Gasteiger partial charge in [-0.1, -0.05) is 0 Å². The molecule has 86 valence electrons. The highest BCUT2D eigenvalue weighted by atomic mass is 32.2. The minimum atomic E-state index is -2.96. The fourth-order valence-corrected chi connectivity index (χ4v) is 1.53. The molecule has 0 aromatic carbocycles. The van der Waals surface area contributed by atoms with Crippen molar-refractivity contribution >= 4 is 9.84 Å². The molecule has 1 N–H and O–H groups in total. The average Bonchev–Trinajstić information content (AvgIpc) is 2.10. The van der Waals surface area contributed by atoms with Crippen molar-refractivity contribution in [3.8, 4) is 0 Å². The second kappa shape index (κ2) is 7.17. The topological polar surface area (TPSA) is 64.6 Å². The molecular formula is C8H19NO4S. The lowest BCUT2D eigenvalue weighted by molar-refractivity contribution is 0.00977. The van der Waals surface area contributed by atoms with Gasteiger partial charge < -0.3 is 4.74 Å². The maximum absolute atomic E-state index is 11.3. The van der Waals surface area contributed by atoms with Crippen molar-refractivity contribution < 1.29 is 18.0 Å². The van der Waals surface area contributed by atoms with Crippen molar-refractivity contribution in [3.05, 3.63) is 0 Å². The van der Waals surface area contributed by atoms with Crippen LogP contribution in [0.1, 0.15) is 13.8 Å². The van der Waals surface area contributed by atoms with Gasteiger partial charge in [-0.2, -0.15) is 0 Å². The van der Waals surface area contributed by atoms with E-state index in [2.05, 4.69) is 5.48 Å². The lowest BCUT2D eigenvalue weighted by Crippen LogP contribution is -2.28. The second-order valence-corrected chi connectivity index (χ2v) is 5.83. The molecule has 0 rings (SSSR count). The molecule has 0 aromatic rings. The summed E-state index contributed by atoms with van der Waals surface area (Å²) in [5, 5.41) is -0.330. The van der Waals surface area contributed by atoms with Gasteiger partial charge in [0.1, 0.15) is 0 Å². The average molecular weight is 225 g/mol. The van der Waals surface area contributed by atoms with E-state index in [1.807, 2.05) is 0 Å². The van der Waals surface area contributed by atoms with Gasteiger partial charge in [-0.15, -0.1) is 0 Å². The van der Waals surface area contributed by atoms with Crippen LogP contribution in [0.4, 0.5) is 0 Å². The molecule has 0 fully saturated rings. The molecule has 6 heteroatoms. The number of hydroxylamine groups is 1. The molecule has 0 radical (unpaired) electrons. The summed E-state index contributed by atoms with van der Waals surface area (Å²) in [5.74, 6) is 0.0949. The Bertz CT molecular complexity index is 225. The molecule has 0 saturated carbocycles. The van der Waals surface area contributed by atoms with Crippen molar-refractivity contribution in [1.82, 2.24) is 5.48 Å². The van der Waals surface area contributed by atoms with Gasteiger partial charge in [0.15, 0.2) is 9.84 Å². The van der Waals surface area contributed by atoms with Gasteiger partial charge >= 0.3 is 0 Å². The summed E-state index contributed by atoms with van der Waals surface area (Å²) in [5.41, 5.74) is 2.57. The lowest BCUT2D eigenvalue weighted by atomic mass is 10.6. The first-order valence-corrected chi connectivity index (χ1v) is 6.27. The molecule has 0 aliphatic heterocycles. The van der Waals surface area contributed by atoms with Gasteiger partial charge in [0.2, 0.25) is 0 Å². The van der Waals surface area contributed by atoms with Crippen LogP contribution in [0.2, 0.25) is 0 Å². The molecule has 0 unspecified atom stereocenters. The Balaban J connectivity index is 3.46. The third-order valence-corrected chi connectivity index (χ3v) is 3.91. The zero-order valence-electron chi connectivity index (χ0n) is 8.95. The van der Waals surface area contributed by atoms with Crippen LogP contribution in [0.15, 0.2) is 0 Å². The summed E-state index contributed by atoms with van der Waals surface area (Å²) in [6, 6.07) is 0. The van der Waals surface area contributed by atoms with Crippen LogP contribution in [0, 0.1) is 0 Å². The summed E-state index contributed by atoms with van der Waals surface area (Å²) < 4.78 is 27.3. The minimum Gasteiger partial charge on any atom is -0.382 e. The molecule has 0 saturated heterocycles. The third-order valence-electron chi connectivity index (χ3n) is 1.70. The first-order chi connectivity index (χ1) is 6.50. The Labute approximate surface area is 85.7 Å². The van der Waals surface area contributed by atoms with Crippen molar-refractivity contribution in [1.29, 1.82) is 0 Å². The van der Waals surface area contributed by atoms with Gasteiger partial charge in [0.25, 0.3) is 0 Å². The Hall–Kier alpha value is -0.170. The van der Waals surface area contributed by atoms with Crippen LogP contribution in [0.5, 0.6) is 0 Å². The number of methoxy groups -OCH3 is 1. The van der Waals surface area contributed by atoms with Gasteiger partial charge in [0, 0.05) is 13.7 Å². The monoisotopic (exact) mass is 225 g/mol. The van der Waals surface area contributed by atoms with E-state index in [4.69, 9.17) is 9.57 Å². The van der Waals surface area contributed by atoms with E-state index in [9.17, 15) is 8.42 Å². The maximum Gasteiger partial charge on any atom is 0.153 e. The molecule has 0 spiro atoms. The molecule has 5 nitrogen and oxygen atoms in total. The molecule has 14 heavy (non-hydrogen) atoms.